The summed E-state index contributed by atoms with van der Waals surface area (Å²) in [6, 6.07) is 0. The molecule has 0 heterocycles. The van der Waals surface area contributed by atoms with Crippen LogP contribution in [-0.4, -0.2) is 51.8 Å². The standard InChI is InChI=1S/C13H26O3.Na.H/c1-2-3-4-5-6-7-8-9-12(14)10-11-13(15)16;;/h12,14H,2-11H2,1H3,(H,15,16);;. The second-order valence-corrected chi connectivity index (χ2v) is 4.50. The summed E-state index contributed by atoms with van der Waals surface area (Å²) in [5.74, 6) is -0.821. The van der Waals surface area contributed by atoms with Crippen LogP contribution in [0.2, 0.25) is 0 Å². The molecule has 98 valence electrons. The van der Waals surface area contributed by atoms with Gasteiger partial charge in [0.25, 0.3) is 0 Å². The zero-order chi connectivity index (χ0) is 12.2. The molecule has 0 aliphatic rings. The molecule has 4 heteroatoms. The first-order valence-electron chi connectivity index (χ1n) is 6.56. The van der Waals surface area contributed by atoms with Crippen molar-refractivity contribution in [2.24, 2.45) is 0 Å². The Kier molecular flexibility index (Phi) is 16.8. The molecule has 17 heavy (non-hydrogen) atoms. The van der Waals surface area contributed by atoms with Crippen LogP contribution in [0, 0.1) is 0 Å². The van der Waals surface area contributed by atoms with E-state index in [2.05, 4.69) is 6.92 Å². The molecule has 0 aliphatic heterocycles. The van der Waals surface area contributed by atoms with Crippen molar-refractivity contribution in [2.45, 2.75) is 77.2 Å². The van der Waals surface area contributed by atoms with Gasteiger partial charge >= 0.3 is 35.5 Å². The van der Waals surface area contributed by atoms with Gasteiger partial charge < -0.3 is 10.2 Å². The number of hydrogen-bond donors (Lipinski definition) is 2. The van der Waals surface area contributed by atoms with Crippen molar-refractivity contribution in [3.63, 3.8) is 0 Å². The normalized spacial score (nSPS) is 11.9. The summed E-state index contributed by atoms with van der Waals surface area (Å²) in [4.78, 5) is 10.3. The van der Waals surface area contributed by atoms with Crippen LogP contribution in [0.15, 0.2) is 0 Å². The predicted octanol–water partition coefficient (Wildman–Crippen LogP) is 2.70. The number of hydrogen-bond acceptors (Lipinski definition) is 2. The Morgan fingerprint density at radius 1 is 1.00 bits per heavy atom. The van der Waals surface area contributed by atoms with Crippen molar-refractivity contribution in [2.75, 3.05) is 0 Å². The second kappa shape index (κ2) is 14.5. The van der Waals surface area contributed by atoms with Crippen molar-refractivity contribution in [3.8, 4) is 0 Å². The summed E-state index contributed by atoms with van der Waals surface area (Å²) in [7, 11) is 0. The molecule has 0 aliphatic carbocycles. The number of carboxylic acid groups (broad SMARTS) is 1. The fourth-order valence-electron chi connectivity index (χ4n) is 1.77. The number of aliphatic hydroxyl groups is 1. The minimum atomic E-state index is -0.821. The molecule has 2 N–H and O–H groups in total. The molecule has 0 saturated heterocycles. The van der Waals surface area contributed by atoms with Crippen molar-refractivity contribution in [1.82, 2.24) is 0 Å². The Labute approximate surface area is 127 Å². The van der Waals surface area contributed by atoms with Crippen LogP contribution >= 0.6 is 0 Å². The van der Waals surface area contributed by atoms with Crippen molar-refractivity contribution >= 4 is 35.5 Å². The average molecular weight is 254 g/mol. The van der Waals surface area contributed by atoms with E-state index in [0.717, 1.165) is 19.3 Å². The molecular formula is C13H27NaO3. The van der Waals surface area contributed by atoms with Gasteiger partial charge in [0, 0.05) is 6.42 Å². The van der Waals surface area contributed by atoms with Crippen molar-refractivity contribution < 1.29 is 15.0 Å². The molecule has 0 saturated carbocycles. The van der Waals surface area contributed by atoms with E-state index < -0.39 is 12.1 Å². The third-order valence-electron chi connectivity index (χ3n) is 2.83. The molecular weight excluding hydrogens is 227 g/mol. The van der Waals surface area contributed by atoms with Crippen molar-refractivity contribution in [1.29, 1.82) is 0 Å². The van der Waals surface area contributed by atoms with E-state index in [0.29, 0.717) is 6.42 Å². The summed E-state index contributed by atoms with van der Waals surface area (Å²) in [6.45, 7) is 2.21. The number of carbonyl (C=O) groups is 1. The van der Waals surface area contributed by atoms with E-state index in [1.54, 1.807) is 0 Å². The Morgan fingerprint density at radius 3 is 2.06 bits per heavy atom. The molecule has 1 atom stereocenters. The molecule has 0 radical (unpaired) electrons. The third kappa shape index (κ3) is 16.4. The van der Waals surface area contributed by atoms with Crippen LogP contribution < -0.4 is 0 Å². The number of unbranched alkanes of at least 4 members (excludes halogenated alkanes) is 6. The molecule has 0 aromatic rings. The van der Waals surface area contributed by atoms with E-state index in [9.17, 15) is 9.90 Å². The van der Waals surface area contributed by atoms with Gasteiger partial charge in [0.15, 0.2) is 0 Å². The molecule has 3 nitrogen and oxygen atoms in total. The predicted molar refractivity (Wildman–Crippen MR) is 72.6 cm³/mol. The van der Waals surface area contributed by atoms with Crippen LogP contribution in [0.3, 0.4) is 0 Å². The van der Waals surface area contributed by atoms with Crippen LogP contribution in [0.25, 0.3) is 0 Å². The SMILES string of the molecule is CCCCCCCCCC(O)CCC(=O)O.[NaH]. The van der Waals surface area contributed by atoms with E-state index in [1.807, 2.05) is 0 Å². The maximum atomic E-state index is 10.3. The minimum absolute atomic E-state index is 0. The Bertz CT molecular complexity index is 174. The first-order valence-corrected chi connectivity index (χ1v) is 6.56. The summed E-state index contributed by atoms with van der Waals surface area (Å²) >= 11 is 0. The fraction of sp³-hybridized carbons (Fsp3) is 0.923. The van der Waals surface area contributed by atoms with Crippen molar-refractivity contribution in [3.05, 3.63) is 0 Å². The van der Waals surface area contributed by atoms with Crippen LogP contribution in [0.4, 0.5) is 0 Å². The van der Waals surface area contributed by atoms with Gasteiger partial charge in [-0.15, -0.1) is 0 Å². The van der Waals surface area contributed by atoms with E-state index in [4.69, 9.17) is 5.11 Å². The van der Waals surface area contributed by atoms with Gasteiger partial charge in [-0.05, 0) is 12.8 Å². The number of aliphatic hydroxyl groups excluding tert-OH is 1. The van der Waals surface area contributed by atoms with Crippen LogP contribution in [-0.2, 0) is 4.79 Å². The molecule has 0 aromatic heterocycles. The number of rotatable bonds is 11. The van der Waals surface area contributed by atoms with Gasteiger partial charge in [0.05, 0.1) is 6.10 Å². The Hall–Kier alpha value is 0.430. The molecule has 1 unspecified atom stereocenters. The zero-order valence-corrected chi connectivity index (χ0v) is 10.5. The first-order chi connectivity index (χ1) is 7.66. The van der Waals surface area contributed by atoms with Gasteiger partial charge in [0.1, 0.15) is 0 Å². The molecule has 0 fully saturated rings. The topological polar surface area (TPSA) is 57.5 Å². The molecule has 0 bridgehead atoms. The van der Waals surface area contributed by atoms with Crippen LogP contribution in [0.5, 0.6) is 0 Å². The fourth-order valence-corrected chi connectivity index (χ4v) is 1.77. The quantitative estimate of drug-likeness (QED) is 0.440. The summed E-state index contributed by atoms with van der Waals surface area (Å²) in [5, 5.41) is 17.9. The van der Waals surface area contributed by atoms with Crippen LogP contribution in [0.1, 0.15) is 71.1 Å². The summed E-state index contributed by atoms with van der Waals surface area (Å²) in [6.07, 6.45) is 9.43. The second-order valence-electron chi connectivity index (χ2n) is 4.50. The maximum absolute atomic E-state index is 10.3. The van der Waals surface area contributed by atoms with E-state index >= 15 is 0 Å². The Morgan fingerprint density at radius 2 is 1.53 bits per heavy atom. The van der Waals surface area contributed by atoms with E-state index in [-0.39, 0.29) is 36.0 Å². The van der Waals surface area contributed by atoms with Gasteiger partial charge in [-0.2, -0.15) is 0 Å². The van der Waals surface area contributed by atoms with Gasteiger partial charge in [-0.25, -0.2) is 0 Å². The molecule has 0 aromatic carbocycles. The number of carboxylic acids is 1. The molecule has 0 amide bonds. The van der Waals surface area contributed by atoms with E-state index in [1.165, 1.54) is 32.1 Å². The molecule has 0 spiro atoms. The van der Waals surface area contributed by atoms with Gasteiger partial charge in [-0.3, -0.25) is 4.79 Å². The first kappa shape index (κ1) is 19.8. The summed E-state index contributed by atoms with van der Waals surface area (Å²) in [5.41, 5.74) is 0. The van der Waals surface area contributed by atoms with Gasteiger partial charge in [0.2, 0.25) is 0 Å². The zero-order valence-electron chi connectivity index (χ0n) is 10.5. The number of aliphatic carboxylic acids is 1. The average Bonchev–Trinajstić information content (AvgIpc) is 2.25. The van der Waals surface area contributed by atoms with Gasteiger partial charge in [-0.1, -0.05) is 51.9 Å². The monoisotopic (exact) mass is 254 g/mol. The molecule has 0 rings (SSSR count). The Balaban J connectivity index is 0. The third-order valence-corrected chi connectivity index (χ3v) is 2.83. The summed E-state index contributed by atoms with van der Waals surface area (Å²) < 4.78 is 0.